The van der Waals surface area contributed by atoms with Crippen LogP contribution in [0.25, 0.3) is 5.76 Å². The van der Waals surface area contributed by atoms with Crippen molar-refractivity contribution in [3.05, 3.63) is 58.7 Å². The first-order chi connectivity index (χ1) is 14.9. The molecule has 1 saturated heterocycles. The summed E-state index contributed by atoms with van der Waals surface area (Å²) in [4.78, 5) is 27.5. The molecule has 164 valence electrons. The van der Waals surface area contributed by atoms with Gasteiger partial charge in [-0.05, 0) is 43.2 Å². The van der Waals surface area contributed by atoms with Gasteiger partial charge in [-0.15, -0.1) is 0 Å². The number of hydrogen-bond donors (Lipinski definition) is 1. The molecule has 1 amide bonds. The van der Waals surface area contributed by atoms with Gasteiger partial charge in [-0.1, -0.05) is 19.1 Å². The van der Waals surface area contributed by atoms with Crippen molar-refractivity contribution in [2.75, 3.05) is 27.9 Å². The number of para-hydroxylation sites is 1. The molecule has 7 nitrogen and oxygen atoms in total. The molecule has 0 saturated carbocycles. The Labute approximate surface area is 181 Å². The molecule has 1 N–H and O–H groups in total. The van der Waals surface area contributed by atoms with Crippen LogP contribution in [0.3, 0.4) is 0 Å². The number of carbonyl (C=O) groups is 2. The molecule has 1 heterocycles. The van der Waals surface area contributed by atoms with Gasteiger partial charge in [0.2, 0.25) is 0 Å². The smallest absolute Gasteiger partial charge is 0.295 e. The second-order valence-corrected chi connectivity index (χ2v) is 7.26. The summed E-state index contributed by atoms with van der Waals surface area (Å²) in [6, 6.07) is 9.62. The molecule has 0 aliphatic carbocycles. The van der Waals surface area contributed by atoms with Gasteiger partial charge in [-0.25, -0.2) is 0 Å². The molecule has 2 aromatic rings. The number of benzene rings is 2. The summed E-state index contributed by atoms with van der Waals surface area (Å²) < 4.78 is 16.2. The van der Waals surface area contributed by atoms with E-state index >= 15 is 0 Å². The van der Waals surface area contributed by atoms with Gasteiger partial charge in [-0.3, -0.25) is 9.59 Å². The number of nitrogens with zero attached hydrogens (tertiary/aromatic N) is 1. The number of ether oxygens (including phenoxy) is 3. The summed E-state index contributed by atoms with van der Waals surface area (Å²) in [5, 5.41) is 11.2. The molecule has 31 heavy (non-hydrogen) atoms. The summed E-state index contributed by atoms with van der Waals surface area (Å²) in [5.41, 5.74) is 1.78. The molecule has 0 bridgehead atoms. The van der Waals surface area contributed by atoms with E-state index in [4.69, 9.17) is 14.2 Å². The molecular formula is C24H27NO6. The first kappa shape index (κ1) is 22.2. The van der Waals surface area contributed by atoms with Crippen LogP contribution in [0.1, 0.15) is 36.1 Å². The second kappa shape index (κ2) is 9.12. The molecule has 1 fully saturated rings. The number of hydrogen-bond acceptors (Lipinski definition) is 6. The van der Waals surface area contributed by atoms with Gasteiger partial charge < -0.3 is 24.2 Å². The highest BCUT2D eigenvalue weighted by atomic mass is 16.5. The third kappa shape index (κ3) is 3.83. The molecule has 1 atom stereocenters. The Morgan fingerprint density at radius 1 is 1.06 bits per heavy atom. The third-order valence-electron chi connectivity index (χ3n) is 5.42. The van der Waals surface area contributed by atoms with E-state index in [-0.39, 0.29) is 11.3 Å². The third-order valence-corrected chi connectivity index (χ3v) is 5.42. The molecular weight excluding hydrogens is 398 g/mol. The van der Waals surface area contributed by atoms with E-state index in [1.54, 1.807) is 50.4 Å². The zero-order valence-electron chi connectivity index (χ0n) is 18.4. The van der Waals surface area contributed by atoms with Crippen molar-refractivity contribution in [3.8, 4) is 17.2 Å². The lowest BCUT2D eigenvalue weighted by atomic mass is 9.93. The minimum absolute atomic E-state index is 0.0262. The fraction of sp³-hybridized carbons (Fsp3) is 0.333. The maximum atomic E-state index is 13.1. The average molecular weight is 425 g/mol. The van der Waals surface area contributed by atoms with E-state index in [1.807, 2.05) is 6.92 Å². The van der Waals surface area contributed by atoms with Gasteiger partial charge in [-0.2, -0.15) is 0 Å². The summed E-state index contributed by atoms with van der Waals surface area (Å²) in [6.45, 7) is 4.08. The lowest BCUT2D eigenvalue weighted by molar-refractivity contribution is -0.139. The molecule has 1 aliphatic rings. The van der Waals surface area contributed by atoms with E-state index in [0.29, 0.717) is 41.3 Å². The van der Waals surface area contributed by atoms with Crippen LogP contribution >= 0.6 is 0 Å². The minimum atomic E-state index is -0.800. The van der Waals surface area contributed by atoms with Crippen molar-refractivity contribution in [2.24, 2.45) is 0 Å². The zero-order chi connectivity index (χ0) is 22.7. The number of ketones is 1. The Hall–Kier alpha value is -3.48. The first-order valence-electron chi connectivity index (χ1n) is 10.0. The second-order valence-electron chi connectivity index (χ2n) is 7.26. The van der Waals surface area contributed by atoms with Crippen LogP contribution in [-0.2, 0) is 9.59 Å². The fourth-order valence-electron chi connectivity index (χ4n) is 3.98. The topological polar surface area (TPSA) is 85.3 Å². The van der Waals surface area contributed by atoms with E-state index < -0.39 is 17.7 Å². The molecule has 0 radical (unpaired) electrons. The Balaban J connectivity index is 2.28. The molecule has 2 aromatic carbocycles. The van der Waals surface area contributed by atoms with Gasteiger partial charge in [0.05, 0.1) is 32.9 Å². The molecule has 1 aliphatic heterocycles. The highest BCUT2D eigenvalue weighted by molar-refractivity contribution is 6.46. The van der Waals surface area contributed by atoms with Crippen molar-refractivity contribution in [1.82, 2.24) is 4.90 Å². The number of aliphatic hydroxyl groups excluding tert-OH is 1. The minimum Gasteiger partial charge on any atom is -0.507 e. The summed E-state index contributed by atoms with van der Waals surface area (Å²) in [5.74, 6) is -0.0861. The predicted molar refractivity (Wildman–Crippen MR) is 117 cm³/mol. The average Bonchev–Trinajstić information content (AvgIpc) is 3.02. The van der Waals surface area contributed by atoms with Crippen LogP contribution in [-0.4, -0.2) is 49.6 Å². The summed E-state index contributed by atoms with van der Waals surface area (Å²) in [7, 11) is 4.58. The number of carbonyl (C=O) groups excluding carboxylic acids is 2. The number of amides is 1. The lowest BCUT2D eigenvalue weighted by Crippen LogP contribution is -2.30. The van der Waals surface area contributed by atoms with E-state index in [2.05, 4.69) is 0 Å². The predicted octanol–water partition coefficient (Wildman–Crippen LogP) is 3.85. The van der Waals surface area contributed by atoms with Crippen LogP contribution < -0.4 is 14.2 Å². The van der Waals surface area contributed by atoms with Gasteiger partial charge in [0.25, 0.3) is 11.7 Å². The number of aryl methyl sites for hydroxylation is 1. The molecule has 0 spiro atoms. The van der Waals surface area contributed by atoms with E-state index in [9.17, 15) is 14.7 Å². The van der Waals surface area contributed by atoms with Crippen molar-refractivity contribution < 1.29 is 28.9 Å². The normalized spacial score (nSPS) is 17.7. The molecule has 0 aromatic heterocycles. The highest BCUT2D eigenvalue weighted by Gasteiger charge is 2.47. The van der Waals surface area contributed by atoms with Crippen LogP contribution in [0, 0.1) is 6.92 Å². The van der Waals surface area contributed by atoms with Crippen LogP contribution in [0.2, 0.25) is 0 Å². The maximum Gasteiger partial charge on any atom is 0.295 e. The van der Waals surface area contributed by atoms with Crippen LogP contribution in [0.5, 0.6) is 17.2 Å². The monoisotopic (exact) mass is 425 g/mol. The molecule has 7 heteroatoms. The standard InChI is InChI=1S/C24H27NO6/c1-6-12-25-20(17-8-7-9-18(30-4)23(17)31-5)19(22(27)24(25)28)21(26)16-11-10-15(29-3)13-14(16)2/h7-11,13,20,26H,6,12H2,1-5H3/b21-19+. The van der Waals surface area contributed by atoms with Gasteiger partial charge in [0, 0.05) is 17.7 Å². The Morgan fingerprint density at radius 2 is 1.81 bits per heavy atom. The van der Waals surface area contributed by atoms with E-state index in [0.717, 1.165) is 5.56 Å². The van der Waals surface area contributed by atoms with E-state index in [1.165, 1.54) is 19.1 Å². The molecule has 3 rings (SSSR count). The Kier molecular flexibility index (Phi) is 6.53. The first-order valence-corrected chi connectivity index (χ1v) is 10.0. The zero-order valence-corrected chi connectivity index (χ0v) is 18.4. The maximum absolute atomic E-state index is 13.1. The number of aliphatic hydroxyl groups is 1. The summed E-state index contributed by atoms with van der Waals surface area (Å²) >= 11 is 0. The SMILES string of the molecule is CCCN1C(=O)C(=O)/C(=C(/O)c2ccc(OC)cc2C)C1c1cccc(OC)c1OC. The number of methoxy groups -OCH3 is 3. The number of likely N-dealkylation sites (tertiary alicyclic amines) is 1. The highest BCUT2D eigenvalue weighted by Crippen LogP contribution is 2.45. The van der Waals surface area contributed by atoms with Crippen molar-refractivity contribution in [1.29, 1.82) is 0 Å². The van der Waals surface area contributed by atoms with Gasteiger partial charge in [0.15, 0.2) is 11.5 Å². The Morgan fingerprint density at radius 3 is 2.39 bits per heavy atom. The Bertz CT molecular complexity index is 1040. The quantitative estimate of drug-likeness (QED) is 0.412. The fourth-order valence-corrected chi connectivity index (χ4v) is 3.98. The number of Topliss-reactive ketones (excluding diaryl/α,β-unsaturated/α-hetero) is 1. The largest absolute Gasteiger partial charge is 0.507 e. The van der Waals surface area contributed by atoms with Crippen LogP contribution in [0.4, 0.5) is 0 Å². The van der Waals surface area contributed by atoms with Gasteiger partial charge >= 0.3 is 0 Å². The lowest BCUT2D eigenvalue weighted by Gasteiger charge is -2.27. The molecule has 1 unspecified atom stereocenters. The van der Waals surface area contributed by atoms with Gasteiger partial charge in [0.1, 0.15) is 11.5 Å². The van der Waals surface area contributed by atoms with Crippen molar-refractivity contribution >= 4 is 17.4 Å². The van der Waals surface area contributed by atoms with Crippen molar-refractivity contribution in [2.45, 2.75) is 26.3 Å². The summed E-state index contributed by atoms with van der Waals surface area (Å²) in [6.07, 6.45) is 0.650. The van der Waals surface area contributed by atoms with Crippen LogP contribution in [0.15, 0.2) is 42.0 Å². The van der Waals surface area contributed by atoms with Crippen molar-refractivity contribution in [3.63, 3.8) is 0 Å². The number of rotatable bonds is 7.